The summed E-state index contributed by atoms with van der Waals surface area (Å²) >= 11 is 0. The van der Waals surface area contributed by atoms with Gasteiger partial charge in [-0.15, -0.1) is 0 Å². The van der Waals surface area contributed by atoms with Crippen LogP contribution in [-0.2, 0) is 6.54 Å². The van der Waals surface area contributed by atoms with E-state index in [4.69, 9.17) is 4.74 Å². The highest BCUT2D eigenvalue weighted by atomic mass is 16.5. The van der Waals surface area contributed by atoms with E-state index in [-0.39, 0.29) is 5.56 Å². The van der Waals surface area contributed by atoms with Crippen molar-refractivity contribution in [2.45, 2.75) is 6.54 Å². The fraction of sp³-hybridized carbons (Fsp3) is 0.182. The van der Waals surface area contributed by atoms with E-state index in [1.807, 2.05) is 6.07 Å². The number of pyridine rings is 1. The second-order valence-electron chi connectivity index (χ2n) is 3.33. The normalized spacial score (nSPS) is 9.94. The third-order valence-corrected chi connectivity index (χ3v) is 2.18. The summed E-state index contributed by atoms with van der Waals surface area (Å²) in [5, 5.41) is 2.94. The van der Waals surface area contributed by atoms with E-state index in [0.29, 0.717) is 18.2 Å². The summed E-state index contributed by atoms with van der Waals surface area (Å²) in [5.41, 5.74) is 0.718. The molecule has 0 unspecified atom stereocenters. The quantitative estimate of drug-likeness (QED) is 0.814. The van der Waals surface area contributed by atoms with Crippen molar-refractivity contribution in [1.82, 2.24) is 15.0 Å². The molecule has 0 aliphatic carbocycles. The van der Waals surface area contributed by atoms with E-state index in [1.54, 1.807) is 19.4 Å². The fourth-order valence-corrected chi connectivity index (χ4v) is 1.34. The molecule has 88 valence electrons. The zero-order valence-corrected chi connectivity index (χ0v) is 9.30. The number of hydrogen-bond acceptors (Lipinski definition) is 5. The molecule has 2 aromatic heterocycles. The lowest BCUT2D eigenvalue weighted by molar-refractivity contribution is 0.397. The van der Waals surface area contributed by atoms with E-state index in [2.05, 4.69) is 20.3 Å². The molecule has 2 rings (SSSR count). The number of nitrogens with one attached hydrogen (secondary N) is 2. The Morgan fingerprint density at radius 3 is 3.06 bits per heavy atom. The van der Waals surface area contributed by atoms with Crippen LogP contribution < -0.4 is 15.6 Å². The van der Waals surface area contributed by atoms with Crippen LogP contribution >= 0.6 is 0 Å². The van der Waals surface area contributed by atoms with E-state index in [1.165, 1.54) is 12.4 Å². The lowest BCUT2D eigenvalue weighted by Crippen LogP contribution is -2.15. The number of methoxy groups -OCH3 is 1. The first-order chi connectivity index (χ1) is 8.29. The van der Waals surface area contributed by atoms with Gasteiger partial charge in [-0.25, -0.2) is 9.97 Å². The van der Waals surface area contributed by atoms with Crippen LogP contribution in [0.1, 0.15) is 5.56 Å². The molecule has 2 aromatic rings. The van der Waals surface area contributed by atoms with E-state index in [0.717, 1.165) is 5.56 Å². The van der Waals surface area contributed by atoms with Gasteiger partial charge in [0.15, 0.2) is 5.82 Å². The molecule has 0 fully saturated rings. The van der Waals surface area contributed by atoms with Gasteiger partial charge < -0.3 is 15.0 Å². The Kier molecular flexibility index (Phi) is 3.34. The largest absolute Gasteiger partial charge is 0.481 e. The van der Waals surface area contributed by atoms with Gasteiger partial charge in [-0.2, -0.15) is 0 Å². The maximum atomic E-state index is 11.3. The summed E-state index contributed by atoms with van der Waals surface area (Å²) in [5.74, 6) is 0.836. The molecule has 0 aliphatic heterocycles. The van der Waals surface area contributed by atoms with Crippen molar-refractivity contribution in [3.63, 3.8) is 0 Å². The molecule has 0 aliphatic rings. The van der Waals surface area contributed by atoms with Crippen molar-refractivity contribution in [3.05, 3.63) is 46.6 Å². The highest BCUT2D eigenvalue weighted by Crippen LogP contribution is 2.09. The van der Waals surface area contributed by atoms with Crippen LogP contribution in [0.5, 0.6) is 5.88 Å². The molecule has 17 heavy (non-hydrogen) atoms. The summed E-state index contributed by atoms with van der Waals surface area (Å²) in [6.45, 7) is 0.485. The van der Waals surface area contributed by atoms with Gasteiger partial charge in [0, 0.05) is 31.2 Å². The number of aromatic nitrogens is 3. The van der Waals surface area contributed by atoms with Gasteiger partial charge in [-0.3, -0.25) is 4.79 Å². The maximum Gasteiger partial charge on any atom is 0.290 e. The fourth-order valence-electron chi connectivity index (χ4n) is 1.34. The number of ether oxygens (including phenoxy) is 1. The van der Waals surface area contributed by atoms with Gasteiger partial charge >= 0.3 is 0 Å². The highest BCUT2D eigenvalue weighted by molar-refractivity contribution is 5.32. The molecule has 0 atom stereocenters. The Balaban J connectivity index is 2.07. The molecule has 0 spiro atoms. The Morgan fingerprint density at radius 2 is 2.29 bits per heavy atom. The summed E-state index contributed by atoms with van der Waals surface area (Å²) in [6.07, 6.45) is 4.67. The predicted octanol–water partition coefficient (Wildman–Crippen LogP) is 0.786. The van der Waals surface area contributed by atoms with Crippen LogP contribution in [0, 0.1) is 0 Å². The van der Waals surface area contributed by atoms with E-state index >= 15 is 0 Å². The topological polar surface area (TPSA) is 79.9 Å². The number of H-pyrrole nitrogens is 1. The van der Waals surface area contributed by atoms with Gasteiger partial charge in [-0.05, 0) is 11.6 Å². The average Bonchev–Trinajstić information content (AvgIpc) is 2.38. The molecular formula is C11H12N4O2. The molecule has 0 aromatic carbocycles. The molecule has 0 bridgehead atoms. The van der Waals surface area contributed by atoms with Gasteiger partial charge in [0.1, 0.15) is 0 Å². The maximum absolute atomic E-state index is 11.3. The van der Waals surface area contributed by atoms with Crippen LogP contribution in [0.25, 0.3) is 0 Å². The van der Waals surface area contributed by atoms with Crippen LogP contribution in [0.3, 0.4) is 0 Å². The molecular weight excluding hydrogens is 220 g/mol. The second-order valence-corrected chi connectivity index (χ2v) is 3.33. The van der Waals surface area contributed by atoms with Gasteiger partial charge in [0.2, 0.25) is 5.88 Å². The minimum absolute atomic E-state index is 0.242. The number of nitrogens with zero attached hydrogens (tertiary/aromatic N) is 2. The molecule has 0 saturated heterocycles. The Morgan fingerprint density at radius 1 is 1.41 bits per heavy atom. The van der Waals surface area contributed by atoms with Crippen molar-refractivity contribution in [2.24, 2.45) is 0 Å². The molecule has 0 radical (unpaired) electrons. The van der Waals surface area contributed by atoms with E-state index < -0.39 is 0 Å². The van der Waals surface area contributed by atoms with Crippen LogP contribution in [-0.4, -0.2) is 22.1 Å². The molecule has 6 nitrogen and oxygen atoms in total. The Labute approximate surface area is 97.7 Å². The first-order valence-corrected chi connectivity index (χ1v) is 5.06. The first-order valence-electron chi connectivity index (χ1n) is 5.06. The number of rotatable bonds is 4. The van der Waals surface area contributed by atoms with Crippen molar-refractivity contribution >= 4 is 5.82 Å². The molecule has 6 heteroatoms. The lowest BCUT2D eigenvalue weighted by Gasteiger charge is -2.05. The Bertz CT molecular complexity index is 553. The molecule has 0 amide bonds. The number of aromatic amines is 1. The Hall–Kier alpha value is -2.37. The third-order valence-electron chi connectivity index (χ3n) is 2.18. The zero-order valence-electron chi connectivity index (χ0n) is 9.30. The lowest BCUT2D eigenvalue weighted by atomic mass is 10.2. The minimum atomic E-state index is -0.242. The van der Waals surface area contributed by atoms with Crippen molar-refractivity contribution in [1.29, 1.82) is 0 Å². The van der Waals surface area contributed by atoms with E-state index in [9.17, 15) is 4.79 Å². The SMILES string of the molecule is COc1cc(CNc2ncc[nH]c2=O)ccn1. The van der Waals surface area contributed by atoms with Crippen molar-refractivity contribution in [2.75, 3.05) is 12.4 Å². The summed E-state index contributed by atoms with van der Waals surface area (Å²) in [4.78, 5) is 21.8. The highest BCUT2D eigenvalue weighted by Gasteiger charge is 2.00. The van der Waals surface area contributed by atoms with Gasteiger partial charge in [0.25, 0.3) is 5.56 Å². The van der Waals surface area contributed by atoms with Crippen LogP contribution in [0.4, 0.5) is 5.82 Å². The van der Waals surface area contributed by atoms with Gasteiger partial charge in [0.05, 0.1) is 7.11 Å². The number of hydrogen-bond donors (Lipinski definition) is 2. The van der Waals surface area contributed by atoms with Crippen molar-refractivity contribution in [3.8, 4) is 5.88 Å². The molecule has 2 heterocycles. The summed E-state index contributed by atoms with van der Waals surface area (Å²) in [6, 6.07) is 3.64. The van der Waals surface area contributed by atoms with Crippen LogP contribution in [0.15, 0.2) is 35.5 Å². The smallest absolute Gasteiger partial charge is 0.290 e. The second kappa shape index (κ2) is 5.11. The molecule has 0 saturated carbocycles. The summed E-state index contributed by atoms with van der Waals surface area (Å²) < 4.78 is 5.01. The third kappa shape index (κ3) is 2.81. The standard InChI is InChI=1S/C11H12N4O2/c1-17-9-6-8(2-3-12-9)7-15-10-11(16)14-5-4-13-10/h2-6H,7H2,1H3,(H,13,15)(H,14,16). The van der Waals surface area contributed by atoms with Crippen molar-refractivity contribution < 1.29 is 4.74 Å². The average molecular weight is 232 g/mol. The molecule has 2 N–H and O–H groups in total. The first kappa shape index (κ1) is 11.1. The predicted molar refractivity (Wildman–Crippen MR) is 63.0 cm³/mol. The zero-order chi connectivity index (χ0) is 12.1. The number of anilines is 1. The summed E-state index contributed by atoms with van der Waals surface area (Å²) in [7, 11) is 1.56. The van der Waals surface area contributed by atoms with Crippen LogP contribution in [0.2, 0.25) is 0 Å². The monoisotopic (exact) mass is 232 g/mol. The van der Waals surface area contributed by atoms with Gasteiger partial charge in [-0.1, -0.05) is 0 Å². The minimum Gasteiger partial charge on any atom is -0.481 e.